The summed E-state index contributed by atoms with van der Waals surface area (Å²) in [5.41, 5.74) is 2.12. The van der Waals surface area contributed by atoms with E-state index in [-0.39, 0.29) is 35.8 Å². The van der Waals surface area contributed by atoms with Crippen LogP contribution in [-0.2, 0) is 13.6 Å². The lowest BCUT2D eigenvalue weighted by atomic mass is 10.1. The van der Waals surface area contributed by atoms with Gasteiger partial charge in [0, 0.05) is 52.5 Å². The highest BCUT2D eigenvalue weighted by Gasteiger charge is 2.34. The first-order valence-electron chi connectivity index (χ1n) is 9.35. The van der Waals surface area contributed by atoms with Crippen molar-refractivity contribution in [2.75, 3.05) is 27.2 Å². The van der Waals surface area contributed by atoms with Crippen LogP contribution in [0.3, 0.4) is 0 Å². The third kappa shape index (κ3) is 5.34. The molecule has 0 spiro atoms. The van der Waals surface area contributed by atoms with Crippen molar-refractivity contribution in [2.24, 2.45) is 12.0 Å². The number of hydrogen-bond acceptors (Lipinski definition) is 4. The van der Waals surface area contributed by atoms with E-state index in [0.29, 0.717) is 30.8 Å². The van der Waals surface area contributed by atoms with E-state index in [2.05, 4.69) is 15.4 Å². The van der Waals surface area contributed by atoms with Crippen LogP contribution in [0.1, 0.15) is 39.1 Å². The fourth-order valence-corrected chi connectivity index (χ4v) is 3.32. The number of nitrogens with zero attached hydrogens (tertiary/aromatic N) is 5. The fourth-order valence-electron chi connectivity index (χ4n) is 3.32. The summed E-state index contributed by atoms with van der Waals surface area (Å²) in [7, 11) is 5.62. The molecule has 0 radical (unpaired) electrons. The molecule has 0 saturated heterocycles. The number of unbranched alkanes of at least 4 members (excludes halogenated alkanes) is 1. The van der Waals surface area contributed by atoms with Crippen molar-refractivity contribution < 1.29 is 9.59 Å². The second kappa shape index (κ2) is 10.4. The van der Waals surface area contributed by atoms with Crippen LogP contribution in [0, 0.1) is 0 Å². The average Bonchev–Trinajstić information content (AvgIpc) is 3.20. The minimum Gasteiger partial charge on any atom is -0.356 e. The predicted molar refractivity (Wildman–Crippen MR) is 122 cm³/mol. The first kappa shape index (κ1) is 22.9. The summed E-state index contributed by atoms with van der Waals surface area (Å²) in [5, 5.41) is 7.50. The number of imide groups is 1. The van der Waals surface area contributed by atoms with E-state index in [1.807, 2.05) is 31.4 Å². The first-order valence-corrected chi connectivity index (χ1v) is 9.35. The number of benzene rings is 1. The Hall–Kier alpha value is -2.43. The van der Waals surface area contributed by atoms with Gasteiger partial charge < -0.3 is 10.2 Å². The van der Waals surface area contributed by atoms with Crippen molar-refractivity contribution >= 4 is 41.8 Å². The van der Waals surface area contributed by atoms with Gasteiger partial charge in [0.25, 0.3) is 11.8 Å². The molecule has 2 aromatic rings. The van der Waals surface area contributed by atoms with Crippen LogP contribution in [0.2, 0.25) is 0 Å². The number of fused-ring (bicyclic) bond motifs is 1. The largest absolute Gasteiger partial charge is 0.356 e. The molecule has 0 fully saturated rings. The average molecular weight is 510 g/mol. The van der Waals surface area contributed by atoms with Crippen molar-refractivity contribution in [3.8, 4) is 0 Å². The van der Waals surface area contributed by atoms with Crippen LogP contribution >= 0.6 is 24.0 Å². The first-order chi connectivity index (χ1) is 13.5. The summed E-state index contributed by atoms with van der Waals surface area (Å²) in [6.45, 7) is 1.86. The molecule has 1 aliphatic rings. The molecule has 0 bridgehead atoms. The van der Waals surface area contributed by atoms with E-state index in [1.165, 1.54) is 4.90 Å². The number of aliphatic imine (C=N–C) groups is 1. The third-order valence-electron chi connectivity index (χ3n) is 4.72. The number of aromatic nitrogens is 2. The molecule has 1 aliphatic heterocycles. The number of carbonyl (C=O) groups is 2. The molecule has 8 nitrogen and oxygen atoms in total. The molecular formula is C20H27IN6O2. The minimum atomic E-state index is -0.194. The lowest BCUT2D eigenvalue weighted by Gasteiger charge is -2.21. The summed E-state index contributed by atoms with van der Waals surface area (Å²) in [5.74, 6) is 0.408. The lowest BCUT2D eigenvalue weighted by molar-refractivity contribution is 0.0652. The number of hydrogen-bond donors (Lipinski definition) is 1. The number of nitrogens with one attached hydrogen (secondary N) is 1. The summed E-state index contributed by atoms with van der Waals surface area (Å²) in [4.78, 5) is 32.4. The highest BCUT2D eigenvalue weighted by atomic mass is 127. The summed E-state index contributed by atoms with van der Waals surface area (Å²) >= 11 is 0. The van der Waals surface area contributed by atoms with Gasteiger partial charge in [-0.15, -0.1) is 24.0 Å². The van der Waals surface area contributed by atoms with E-state index >= 15 is 0 Å². The highest BCUT2D eigenvalue weighted by molar-refractivity contribution is 14.0. The predicted octanol–water partition coefficient (Wildman–Crippen LogP) is 2.12. The lowest BCUT2D eigenvalue weighted by Crippen LogP contribution is -2.39. The molecule has 156 valence electrons. The van der Waals surface area contributed by atoms with Gasteiger partial charge in [-0.1, -0.05) is 12.1 Å². The van der Waals surface area contributed by atoms with Crippen molar-refractivity contribution in [1.82, 2.24) is 24.9 Å². The van der Waals surface area contributed by atoms with Crippen molar-refractivity contribution in [1.29, 1.82) is 0 Å². The summed E-state index contributed by atoms with van der Waals surface area (Å²) in [6.07, 6.45) is 5.38. The molecule has 9 heteroatoms. The van der Waals surface area contributed by atoms with E-state index in [4.69, 9.17) is 0 Å². The SMILES string of the molecule is CN=C(NCCCCN1C(=O)c2ccccc2C1=O)N(C)Cc1cnn(C)c1.I. The molecule has 0 saturated carbocycles. The number of guanidine groups is 1. The Morgan fingerprint density at radius 1 is 1.17 bits per heavy atom. The smallest absolute Gasteiger partial charge is 0.261 e. The van der Waals surface area contributed by atoms with Crippen LogP contribution in [0.15, 0.2) is 41.7 Å². The Morgan fingerprint density at radius 3 is 2.38 bits per heavy atom. The van der Waals surface area contributed by atoms with Crippen molar-refractivity contribution in [3.63, 3.8) is 0 Å². The van der Waals surface area contributed by atoms with Gasteiger partial charge >= 0.3 is 0 Å². The number of halogens is 1. The van der Waals surface area contributed by atoms with Crippen molar-refractivity contribution in [2.45, 2.75) is 19.4 Å². The van der Waals surface area contributed by atoms with Gasteiger partial charge in [-0.3, -0.25) is 24.2 Å². The van der Waals surface area contributed by atoms with Gasteiger partial charge in [-0.2, -0.15) is 5.10 Å². The Labute approximate surface area is 188 Å². The molecule has 2 amide bonds. The molecule has 0 unspecified atom stereocenters. The van der Waals surface area contributed by atoms with Crippen LogP contribution < -0.4 is 5.32 Å². The zero-order valence-corrected chi connectivity index (χ0v) is 19.3. The van der Waals surface area contributed by atoms with E-state index in [0.717, 1.165) is 24.4 Å². The molecule has 0 atom stereocenters. The van der Waals surface area contributed by atoms with Crippen LogP contribution in [0.25, 0.3) is 0 Å². The number of amides is 2. The molecule has 0 aliphatic carbocycles. The fraction of sp³-hybridized carbons (Fsp3) is 0.400. The number of carbonyl (C=O) groups excluding carboxylic acids is 2. The van der Waals surface area contributed by atoms with Crippen LogP contribution in [0.5, 0.6) is 0 Å². The maximum Gasteiger partial charge on any atom is 0.261 e. The molecule has 2 heterocycles. The monoisotopic (exact) mass is 510 g/mol. The standard InChI is InChI=1S/C20H26N6O2.HI/c1-21-20(24(2)13-15-12-23-25(3)14-15)22-10-6-7-11-26-18(27)16-8-4-5-9-17(16)19(26)28;/h4-5,8-9,12,14H,6-7,10-11,13H2,1-3H3,(H,21,22);1H. The van der Waals surface area contributed by atoms with Gasteiger partial charge in [0.05, 0.1) is 17.3 Å². The number of aryl methyl sites for hydroxylation is 1. The van der Waals surface area contributed by atoms with Crippen molar-refractivity contribution in [3.05, 3.63) is 53.3 Å². The van der Waals surface area contributed by atoms with E-state index < -0.39 is 0 Å². The highest BCUT2D eigenvalue weighted by Crippen LogP contribution is 2.22. The Kier molecular flexibility index (Phi) is 8.18. The molecular weight excluding hydrogens is 483 g/mol. The van der Waals surface area contributed by atoms with Crippen LogP contribution in [-0.4, -0.2) is 64.5 Å². The molecule has 3 rings (SSSR count). The summed E-state index contributed by atoms with van der Waals surface area (Å²) in [6, 6.07) is 6.98. The zero-order valence-electron chi connectivity index (χ0n) is 17.0. The zero-order chi connectivity index (χ0) is 20.1. The maximum atomic E-state index is 12.3. The maximum absolute atomic E-state index is 12.3. The normalized spacial score (nSPS) is 13.3. The third-order valence-corrected chi connectivity index (χ3v) is 4.72. The topological polar surface area (TPSA) is 82.8 Å². The molecule has 29 heavy (non-hydrogen) atoms. The van der Waals surface area contributed by atoms with E-state index in [9.17, 15) is 9.59 Å². The number of rotatable bonds is 7. The quantitative estimate of drug-likeness (QED) is 0.203. The minimum absolute atomic E-state index is 0. The molecule has 1 aromatic heterocycles. The van der Waals surface area contributed by atoms with Gasteiger partial charge in [0.1, 0.15) is 0 Å². The Balaban J connectivity index is 0.00000300. The summed E-state index contributed by atoms with van der Waals surface area (Å²) < 4.78 is 1.78. The van der Waals surface area contributed by atoms with Gasteiger partial charge in [-0.05, 0) is 25.0 Å². The Bertz CT molecular complexity index is 860. The van der Waals surface area contributed by atoms with Gasteiger partial charge in [-0.25, -0.2) is 0 Å². The molecule has 1 N–H and O–H groups in total. The second-order valence-electron chi connectivity index (χ2n) is 6.87. The van der Waals surface area contributed by atoms with Crippen LogP contribution in [0.4, 0.5) is 0 Å². The van der Waals surface area contributed by atoms with Gasteiger partial charge in [0.15, 0.2) is 5.96 Å². The van der Waals surface area contributed by atoms with Gasteiger partial charge in [0.2, 0.25) is 0 Å². The Morgan fingerprint density at radius 2 is 1.83 bits per heavy atom. The second-order valence-corrected chi connectivity index (χ2v) is 6.87. The molecule has 1 aromatic carbocycles. The van der Waals surface area contributed by atoms with E-state index in [1.54, 1.807) is 36.0 Å².